The topological polar surface area (TPSA) is 80.3 Å². The van der Waals surface area contributed by atoms with Gasteiger partial charge in [0.2, 0.25) is 0 Å². The van der Waals surface area contributed by atoms with E-state index in [0.717, 1.165) is 16.9 Å². The Kier molecular flexibility index (Phi) is 6.24. The summed E-state index contributed by atoms with van der Waals surface area (Å²) in [6.45, 7) is 6.42. The number of benzene rings is 2. The van der Waals surface area contributed by atoms with Gasteiger partial charge in [-0.2, -0.15) is 0 Å². The zero-order valence-corrected chi connectivity index (χ0v) is 16.7. The number of hydrogen-bond acceptors (Lipinski definition) is 4. The van der Waals surface area contributed by atoms with Crippen molar-refractivity contribution in [3.8, 4) is 5.75 Å². The van der Waals surface area contributed by atoms with E-state index in [9.17, 15) is 9.59 Å². The van der Waals surface area contributed by atoms with Gasteiger partial charge in [-0.25, -0.2) is 0 Å². The highest BCUT2D eigenvalue weighted by Crippen LogP contribution is 2.18. The molecule has 3 rings (SSSR count). The fraction of sp³-hybridized carbons (Fsp3) is 0.174. The molecule has 0 radical (unpaired) electrons. The molecule has 0 saturated carbocycles. The van der Waals surface area contributed by atoms with Crippen LogP contribution < -0.4 is 15.4 Å². The van der Waals surface area contributed by atoms with E-state index in [-0.39, 0.29) is 11.8 Å². The molecule has 0 aliphatic rings. The lowest BCUT2D eigenvalue weighted by atomic mass is 10.1. The maximum Gasteiger partial charge on any atom is 0.257 e. The monoisotopic (exact) mass is 389 g/mol. The quantitative estimate of drug-likeness (QED) is 0.646. The predicted octanol–water partition coefficient (Wildman–Crippen LogP) is 4.60. The van der Waals surface area contributed by atoms with E-state index < -0.39 is 0 Å². The number of carbonyl (C=O) groups excluding carboxylic acids is 2. The van der Waals surface area contributed by atoms with Gasteiger partial charge in [0, 0.05) is 23.8 Å². The number of amides is 2. The first-order valence-corrected chi connectivity index (χ1v) is 9.33. The molecule has 2 N–H and O–H groups in total. The Morgan fingerprint density at radius 3 is 1.93 bits per heavy atom. The summed E-state index contributed by atoms with van der Waals surface area (Å²) in [6, 6.07) is 14.4. The molecule has 0 unspecified atom stereocenters. The average Bonchev–Trinajstić information content (AvgIpc) is 2.69. The van der Waals surface area contributed by atoms with Crippen LogP contribution in [-0.2, 0) is 0 Å². The van der Waals surface area contributed by atoms with Gasteiger partial charge < -0.3 is 15.4 Å². The number of pyridine rings is 1. The molecule has 0 atom stereocenters. The Balaban J connectivity index is 1.70. The van der Waals surface area contributed by atoms with E-state index >= 15 is 0 Å². The summed E-state index contributed by atoms with van der Waals surface area (Å²) in [5, 5.41) is 5.64. The number of carbonyl (C=O) groups is 2. The molecule has 2 aromatic carbocycles. The van der Waals surface area contributed by atoms with Crippen LogP contribution in [0.25, 0.3) is 0 Å². The summed E-state index contributed by atoms with van der Waals surface area (Å²) < 4.78 is 5.39. The molecule has 0 spiro atoms. The van der Waals surface area contributed by atoms with E-state index in [0.29, 0.717) is 29.1 Å². The highest BCUT2D eigenvalue weighted by molar-refractivity contribution is 6.08. The van der Waals surface area contributed by atoms with Crippen LogP contribution in [0.15, 0.2) is 60.9 Å². The molecule has 3 aromatic rings. The minimum absolute atomic E-state index is 0.298. The summed E-state index contributed by atoms with van der Waals surface area (Å²) in [6.07, 6.45) is 2.86. The van der Waals surface area contributed by atoms with Gasteiger partial charge in [0.25, 0.3) is 11.8 Å². The first kappa shape index (κ1) is 20.1. The van der Waals surface area contributed by atoms with Gasteiger partial charge in [-0.15, -0.1) is 0 Å². The van der Waals surface area contributed by atoms with Crippen LogP contribution in [0.2, 0.25) is 0 Å². The molecule has 0 saturated heterocycles. The van der Waals surface area contributed by atoms with Crippen molar-refractivity contribution < 1.29 is 14.3 Å². The molecular formula is C23H23N3O3. The standard InChI is InChI=1S/C23H23N3O3/c1-4-29-21-7-5-19(6-8-21)25-22(27)17-12-18(14-24-13-17)23(28)26-20-10-15(2)9-16(3)11-20/h5-14H,4H2,1-3H3,(H,25,27)(H,26,28). The van der Waals surface area contributed by atoms with Crippen LogP contribution in [0.4, 0.5) is 11.4 Å². The molecule has 29 heavy (non-hydrogen) atoms. The molecular weight excluding hydrogens is 366 g/mol. The van der Waals surface area contributed by atoms with Crippen LogP contribution in [0.5, 0.6) is 5.75 Å². The number of rotatable bonds is 6. The second-order valence-corrected chi connectivity index (χ2v) is 6.70. The highest BCUT2D eigenvalue weighted by Gasteiger charge is 2.12. The lowest BCUT2D eigenvalue weighted by molar-refractivity contribution is 0.102. The summed E-state index contributed by atoms with van der Waals surface area (Å²) in [4.78, 5) is 29.1. The Hall–Kier alpha value is -3.67. The van der Waals surface area contributed by atoms with E-state index in [4.69, 9.17) is 4.74 Å². The number of nitrogens with one attached hydrogen (secondary N) is 2. The van der Waals surface area contributed by atoms with Crippen molar-refractivity contribution in [3.63, 3.8) is 0 Å². The molecule has 2 amide bonds. The zero-order valence-electron chi connectivity index (χ0n) is 16.7. The SMILES string of the molecule is CCOc1ccc(NC(=O)c2cncc(C(=O)Nc3cc(C)cc(C)c3)c2)cc1. The van der Waals surface area contributed by atoms with Crippen LogP contribution in [0, 0.1) is 13.8 Å². The maximum atomic E-state index is 12.6. The maximum absolute atomic E-state index is 12.6. The molecule has 1 heterocycles. The van der Waals surface area contributed by atoms with Gasteiger partial charge in [0.15, 0.2) is 0 Å². The first-order valence-electron chi connectivity index (χ1n) is 9.33. The lowest BCUT2D eigenvalue weighted by Crippen LogP contribution is -2.16. The van der Waals surface area contributed by atoms with E-state index in [1.807, 2.05) is 39.0 Å². The molecule has 1 aromatic heterocycles. The Labute approximate surface area is 169 Å². The van der Waals surface area contributed by atoms with Crippen molar-refractivity contribution in [1.29, 1.82) is 0 Å². The number of aromatic nitrogens is 1. The number of hydrogen-bond donors (Lipinski definition) is 2. The van der Waals surface area contributed by atoms with Crippen LogP contribution >= 0.6 is 0 Å². The van der Waals surface area contributed by atoms with Gasteiger partial charge >= 0.3 is 0 Å². The van der Waals surface area contributed by atoms with Crippen molar-refractivity contribution in [2.45, 2.75) is 20.8 Å². The molecule has 0 fully saturated rings. The van der Waals surface area contributed by atoms with E-state index in [2.05, 4.69) is 15.6 Å². The van der Waals surface area contributed by atoms with Gasteiger partial charge in [-0.05, 0) is 74.4 Å². The zero-order chi connectivity index (χ0) is 20.8. The van der Waals surface area contributed by atoms with Gasteiger partial charge in [0.05, 0.1) is 17.7 Å². The Morgan fingerprint density at radius 2 is 1.38 bits per heavy atom. The largest absolute Gasteiger partial charge is 0.494 e. The van der Waals surface area contributed by atoms with Gasteiger partial charge in [-0.1, -0.05) is 6.07 Å². The third-order valence-electron chi connectivity index (χ3n) is 4.17. The van der Waals surface area contributed by atoms with Gasteiger partial charge in [-0.3, -0.25) is 14.6 Å². The minimum Gasteiger partial charge on any atom is -0.494 e. The smallest absolute Gasteiger partial charge is 0.257 e. The third-order valence-corrected chi connectivity index (χ3v) is 4.17. The Bertz CT molecular complexity index is 1010. The fourth-order valence-electron chi connectivity index (χ4n) is 2.94. The predicted molar refractivity (Wildman–Crippen MR) is 114 cm³/mol. The number of anilines is 2. The molecule has 6 heteroatoms. The van der Waals surface area contributed by atoms with Crippen molar-refractivity contribution in [1.82, 2.24) is 4.98 Å². The summed E-state index contributed by atoms with van der Waals surface area (Å²) in [7, 11) is 0. The van der Waals surface area contributed by atoms with Crippen molar-refractivity contribution in [3.05, 3.63) is 83.2 Å². The summed E-state index contributed by atoms with van der Waals surface area (Å²) >= 11 is 0. The third kappa shape index (κ3) is 5.42. The van der Waals surface area contributed by atoms with Crippen LogP contribution in [-0.4, -0.2) is 23.4 Å². The Morgan fingerprint density at radius 1 is 0.828 bits per heavy atom. The second-order valence-electron chi connectivity index (χ2n) is 6.70. The molecule has 0 aliphatic heterocycles. The number of nitrogens with zero attached hydrogens (tertiary/aromatic N) is 1. The normalized spacial score (nSPS) is 10.3. The fourth-order valence-corrected chi connectivity index (χ4v) is 2.94. The molecule has 0 bridgehead atoms. The van der Waals surface area contributed by atoms with Crippen molar-refractivity contribution in [2.24, 2.45) is 0 Å². The summed E-state index contributed by atoms with van der Waals surface area (Å²) in [5.74, 6) is 0.0677. The molecule has 148 valence electrons. The van der Waals surface area contributed by atoms with E-state index in [1.165, 1.54) is 18.5 Å². The highest BCUT2D eigenvalue weighted by atomic mass is 16.5. The summed E-state index contributed by atoms with van der Waals surface area (Å²) in [5.41, 5.74) is 4.06. The number of aryl methyl sites for hydroxylation is 2. The molecule has 6 nitrogen and oxygen atoms in total. The van der Waals surface area contributed by atoms with Crippen LogP contribution in [0.3, 0.4) is 0 Å². The number of ether oxygens (including phenoxy) is 1. The second kappa shape index (κ2) is 9.01. The average molecular weight is 389 g/mol. The van der Waals surface area contributed by atoms with Crippen molar-refractivity contribution >= 4 is 23.2 Å². The van der Waals surface area contributed by atoms with E-state index in [1.54, 1.807) is 24.3 Å². The minimum atomic E-state index is -0.345. The van der Waals surface area contributed by atoms with Gasteiger partial charge in [0.1, 0.15) is 5.75 Å². The van der Waals surface area contributed by atoms with Crippen LogP contribution in [0.1, 0.15) is 38.8 Å². The molecule has 0 aliphatic carbocycles. The lowest BCUT2D eigenvalue weighted by Gasteiger charge is -2.09. The van der Waals surface area contributed by atoms with Crippen molar-refractivity contribution in [2.75, 3.05) is 17.2 Å². The first-order chi connectivity index (χ1) is 13.9.